The number of aliphatic hydroxyl groups is 1. The predicted octanol–water partition coefficient (Wildman–Crippen LogP) is 1.89. The molecule has 1 heterocycles. The Morgan fingerprint density at radius 2 is 2.05 bits per heavy atom. The lowest BCUT2D eigenvalue weighted by molar-refractivity contribution is -0.145. The summed E-state index contributed by atoms with van der Waals surface area (Å²) < 4.78 is 4.73. The van der Waals surface area contributed by atoms with Gasteiger partial charge in [-0.15, -0.1) is 0 Å². The zero-order chi connectivity index (χ0) is 15.9. The second-order valence-electron chi connectivity index (χ2n) is 5.25. The van der Waals surface area contributed by atoms with E-state index in [9.17, 15) is 14.7 Å². The van der Waals surface area contributed by atoms with Gasteiger partial charge in [0.25, 0.3) is 0 Å². The van der Waals surface area contributed by atoms with Crippen LogP contribution in [-0.4, -0.2) is 36.4 Å². The van der Waals surface area contributed by atoms with Crippen molar-refractivity contribution in [3.8, 4) is 0 Å². The number of amides is 1. The molecule has 0 saturated carbocycles. The lowest BCUT2D eigenvalue weighted by atomic mass is 10.1. The van der Waals surface area contributed by atoms with Gasteiger partial charge in [-0.05, 0) is 50.5 Å². The molecule has 1 aliphatic rings. The van der Waals surface area contributed by atoms with Crippen LogP contribution in [-0.2, 0) is 14.3 Å². The number of nitrogens with one attached hydrogen (secondary N) is 1. The van der Waals surface area contributed by atoms with Gasteiger partial charge in [-0.1, -0.05) is 0 Å². The van der Waals surface area contributed by atoms with Crippen molar-refractivity contribution < 1.29 is 19.4 Å². The monoisotopic (exact) mass is 306 g/mol. The average molecular weight is 306 g/mol. The fourth-order valence-corrected chi connectivity index (χ4v) is 2.50. The van der Waals surface area contributed by atoms with Gasteiger partial charge in [0.2, 0.25) is 5.91 Å². The standard InChI is InChI=1S/C16H22N2O4/c1-2-22-16(21)11-14(19)17-12-6-8-13(9-7-12)18-10-4-3-5-15(18)20/h6-9,15,20H,2-5,10-11H2,1H3,(H,17,19). The Morgan fingerprint density at radius 1 is 1.32 bits per heavy atom. The summed E-state index contributed by atoms with van der Waals surface area (Å²) in [6, 6.07) is 7.24. The van der Waals surface area contributed by atoms with E-state index >= 15 is 0 Å². The second kappa shape index (κ2) is 7.79. The van der Waals surface area contributed by atoms with Gasteiger partial charge in [-0.3, -0.25) is 9.59 Å². The van der Waals surface area contributed by atoms with Crippen molar-refractivity contribution >= 4 is 23.3 Å². The zero-order valence-corrected chi connectivity index (χ0v) is 12.7. The number of esters is 1. The van der Waals surface area contributed by atoms with Crippen LogP contribution in [0.2, 0.25) is 0 Å². The van der Waals surface area contributed by atoms with Gasteiger partial charge in [-0.2, -0.15) is 0 Å². The van der Waals surface area contributed by atoms with Crippen molar-refractivity contribution in [1.82, 2.24) is 0 Å². The van der Waals surface area contributed by atoms with Crippen LogP contribution in [0.4, 0.5) is 11.4 Å². The van der Waals surface area contributed by atoms with Crippen molar-refractivity contribution in [2.75, 3.05) is 23.4 Å². The lowest BCUT2D eigenvalue weighted by Gasteiger charge is -2.34. The van der Waals surface area contributed by atoms with Gasteiger partial charge in [0.1, 0.15) is 12.6 Å². The highest BCUT2D eigenvalue weighted by Crippen LogP contribution is 2.24. The summed E-state index contributed by atoms with van der Waals surface area (Å²) in [5.74, 6) is -0.933. The van der Waals surface area contributed by atoms with Crippen LogP contribution in [0.1, 0.15) is 32.6 Å². The molecule has 120 valence electrons. The fraction of sp³-hybridized carbons (Fsp3) is 0.500. The molecule has 1 atom stereocenters. The summed E-state index contributed by atoms with van der Waals surface area (Å²) in [4.78, 5) is 24.8. The van der Waals surface area contributed by atoms with Gasteiger partial charge in [0.15, 0.2) is 0 Å². The number of carbonyl (C=O) groups is 2. The molecule has 22 heavy (non-hydrogen) atoms. The Labute approximate surface area is 130 Å². The Kier molecular flexibility index (Phi) is 5.77. The van der Waals surface area contributed by atoms with Crippen LogP contribution in [0.3, 0.4) is 0 Å². The first-order valence-electron chi connectivity index (χ1n) is 7.60. The van der Waals surface area contributed by atoms with Crippen molar-refractivity contribution in [2.24, 2.45) is 0 Å². The predicted molar refractivity (Wildman–Crippen MR) is 83.5 cm³/mol. The molecule has 1 amide bonds. The van der Waals surface area contributed by atoms with Crippen molar-refractivity contribution in [1.29, 1.82) is 0 Å². The number of hydrogen-bond donors (Lipinski definition) is 2. The number of aliphatic hydroxyl groups excluding tert-OH is 1. The molecule has 0 radical (unpaired) electrons. The number of anilines is 2. The maximum atomic E-state index is 11.7. The molecule has 2 N–H and O–H groups in total. The van der Waals surface area contributed by atoms with Crippen LogP contribution < -0.4 is 10.2 Å². The minimum absolute atomic E-state index is 0.263. The summed E-state index contributed by atoms with van der Waals surface area (Å²) in [6.07, 6.45) is 2.14. The molecule has 6 nitrogen and oxygen atoms in total. The van der Waals surface area contributed by atoms with E-state index in [4.69, 9.17) is 4.74 Å². The van der Waals surface area contributed by atoms with Crippen LogP contribution in [0.25, 0.3) is 0 Å². The number of rotatable bonds is 5. The van der Waals surface area contributed by atoms with E-state index in [1.54, 1.807) is 19.1 Å². The molecule has 0 bridgehead atoms. The maximum absolute atomic E-state index is 11.7. The molecule has 2 rings (SSSR count). The third-order valence-corrected chi connectivity index (χ3v) is 3.56. The van der Waals surface area contributed by atoms with Crippen molar-refractivity contribution in [3.63, 3.8) is 0 Å². The summed E-state index contributed by atoms with van der Waals surface area (Å²) in [5, 5.41) is 12.6. The maximum Gasteiger partial charge on any atom is 0.315 e. The first kappa shape index (κ1) is 16.3. The quantitative estimate of drug-likeness (QED) is 0.641. The highest BCUT2D eigenvalue weighted by atomic mass is 16.5. The molecule has 0 spiro atoms. The smallest absolute Gasteiger partial charge is 0.315 e. The molecular weight excluding hydrogens is 284 g/mol. The summed E-state index contributed by atoms with van der Waals surface area (Å²) in [6.45, 7) is 2.79. The molecule has 6 heteroatoms. The van der Waals surface area contributed by atoms with Crippen molar-refractivity contribution in [3.05, 3.63) is 24.3 Å². The SMILES string of the molecule is CCOC(=O)CC(=O)Nc1ccc(N2CCCCC2O)cc1. The lowest BCUT2D eigenvalue weighted by Crippen LogP contribution is -2.39. The fourth-order valence-electron chi connectivity index (χ4n) is 2.50. The Bertz CT molecular complexity index is 515. The summed E-state index contributed by atoms with van der Waals surface area (Å²) in [7, 11) is 0. The number of carbonyl (C=O) groups excluding carboxylic acids is 2. The summed E-state index contributed by atoms with van der Waals surface area (Å²) in [5.41, 5.74) is 1.54. The van der Waals surface area contributed by atoms with E-state index in [0.29, 0.717) is 5.69 Å². The van der Waals surface area contributed by atoms with E-state index in [1.807, 2.05) is 17.0 Å². The Balaban J connectivity index is 1.91. The third kappa shape index (κ3) is 4.46. The Morgan fingerprint density at radius 3 is 2.68 bits per heavy atom. The minimum atomic E-state index is -0.534. The van der Waals surface area contributed by atoms with E-state index in [-0.39, 0.29) is 13.0 Å². The molecule has 1 aromatic carbocycles. The highest BCUT2D eigenvalue weighted by Gasteiger charge is 2.20. The molecule has 0 aromatic heterocycles. The van der Waals surface area contributed by atoms with Crippen LogP contribution in [0.15, 0.2) is 24.3 Å². The molecule has 1 fully saturated rings. The number of piperidine rings is 1. The molecule has 1 aromatic rings. The van der Waals surface area contributed by atoms with E-state index < -0.39 is 18.1 Å². The molecule has 1 aliphatic heterocycles. The number of ether oxygens (including phenoxy) is 1. The number of hydrogen-bond acceptors (Lipinski definition) is 5. The molecule has 1 unspecified atom stereocenters. The van der Waals surface area contributed by atoms with Gasteiger partial charge in [-0.25, -0.2) is 0 Å². The average Bonchev–Trinajstić information content (AvgIpc) is 2.49. The highest BCUT2D eigenvalue weighted by molar-refractivity contribution is 6.01. The normalized spacial score (nSPS) is 17.9. The minimum Gasteiger partial charge on any atom is -0.466 e. The summed E-state index contributed by atoms with van der Waals surface area (Å²) >= 11 is 0. The third-order valence-electron chi connectivity index (χ3n) is 3.56. The Hall–Kier alpha value is -2.08. The van der Waals surface area contributed by atoms with Gasteiger partial charge in [0.05, 0.1) is 6.61 Å². The van der Waals surface area contributed by atoms with E-state index in [0.717, 1.165) is 31.5 Å². The van der Waals surface area contributed by atoms with Crippen LogP contribution in [0, 0.1) is 0 Å². The van der Waals surface area contributed by atoms with Crippen LogP contribution in [0.5, 0.6) is 0 Å². The van der Waals surface area contributed by atoms with Gasteiger partial charge < -0.3 is 20.1 Å². The van der Waals surface area contributed by atoms with Crippen LogP contribution >= 0.6 is 0 Å². The van der Waals surface area contributed by atoms with E-state index in [2.05, 4.69) is 5.32 Å². The number of nitrogens with zero attached hydrogens (tertiary/aromatic N) is 1. The largest absolute Gasteiger partial charge is 0.466 e. The first-order chi connectivity index (χ1) is 10.6. The molecule has 0 aliphatic carbocycles. The zero-order valence-electron chi connectivity index (χ0n) is 12.7. The number of benzene rings is 1. The second-order valence-corrected chi connectivity index (χ2v) is 5.25. The molecular formula is C16H22N2O4. The molecule has 1 saturated heterocycles. The van der Waals surface area contributed by atoms with Gasteiger partial charge in [0, 0.05) is 17.9 Å². The van der Waals surface area contributed by atoms with Gasteiger partial charge >= 0.3 is 5.97 Å². The van der Waals surface area contributed by atoms with E-state index in [1.165, 1.54) is 0 Å². The first-order valence-corrected chi connectivity index (χ1v) is 7.60. The van der Waals surface area contributed by atoms with Crippen molar-refractivity contribution in [2.45, 2.75) is 38.8 Å². The topological polar surface area (TPSA) is 78.9 Å².